The molecule has 0 bridgehead atoms. The maximum atomic E-state index is 17.5. The number of aliphatic hydroxyl groups excluding tert-OH is 1. The lowest BCUT2D eigenvalue weighted by Crippen LogP contribution is -2.70. The highest BCUT2D eigenvalue weighted by molar-refractivity contribution is 8.13. The Morgan fingerprint density at radius 3 is 2.62 bits per heavy atom. The highest BCUT2D eigenvalue weighted by Crippen LogP contribution is 2.72. The monoisotopic (exact) mass is 534 g/mol. The molecule has 0 radical (unpaired) electrons. The molecule has 1 N–H and O–H groups in total. The van der Waals surface area contributed by atoms with Crippen LogP contribution >= 0.6 is 11.8 Å². The van der Waals surface area contributed by atoms with Crippen LogP contribution in [-0.4, -0.2) is 45.4 Å². The summed E-state index contributed by atoms with van der Waals surface area (Å²) in [5.74, 6) is -3.01. The summed E-state index contributed by atoms with van der Waals surface area (Å²) in [6.45, 7) is 7.19. The first-order valence-electron chi connectivity index (χ1n) is 12.7. The van der Waals surface area contributed by atoms with E-state index in [0.717, 1.165) is 0 Å². The van der Waals surface area contributed by atoms with Crippen molar-refractivity contribution < 1.29 is 37.4 Å². The lowest BCUT2D eigenvalue weighted by atomic mass is 9.43. The molecule has 0 spiro atoms. The molecule has 3 saturated carbocycles. The van der Waals surface area contributed by atoms with Gasteiger partial charge in [-0.1, -0.05) is 32.4 Å². The Balaban J connectivity index is 1.64. The molecule has 1 heterocycles. The zero-order valence-corrected chi connectivity index (χ0v) is 22.1. The Bertz CT molecular complexity index is 1200. The Morgan fingerprint density at radius 2 is 1.97 bits per heavy atom. The van der Waals surface area contributed by atoms with Crippen LogP contribution in [0, 0.1) is 34.5 Å². The summed E-state index contributed by atoms with van der Waals surface area (Å²) in [6.07, 6.45) is 4.75. The van der Waals surface area contributed by atoms with Crippen molar-refractivity contribution in [2.45, 2.75) is 64.3 Å². The second-order valence-corrected chi connectivity index (χ2v) is 12.5. The minimum atomic E-state index is -2.11. The molecule has 9 atom stereocenters. The van der Waals surface area contributed by atoms with Gasteiger partial charge in [0.15, 0.2) is 17.1 Å². The van der Waals surface area contributed by atoms with Crippen LogP contribution < -0.4 is 0 Å². The van der Waals surface area contributed by atoms with E-state index in [1.54, 1.807) is 26.8 Å². The van der Waals surface area contributed by atoms with E-state index in [0.29, 0.717) is 30.2 Å². The number of esters is 1. The fraction of sp³-hybridized carbons (Fsp3) is 0.607. The molecule has 6 nitrogen and oxygen atoms in total. The molecule has 4 aliphatic rings. The number of ketones is 1. The van der Waals surface area contributed by atoms with Gasteiger partial charge in [0.25, 0.3) is 0 Å². The highest BCUT2D eigenvalue weighted by Gasteiger charge is 2.77. The van der Waals surface area contributed by atoms with Crippen LogP contribution in [0.4, 0.5) is 8.78 Å². The van der Waals surface area contributed by atoms with Crippen molar-refractivity contribution in [3.05, 3.63) is 48.0 Å². The van der Waals surface area contributed by atoms with Gasteiger partial charge in [0, 0.05) is 22.7 Å². The smallest absolute Gasteiger partial charge is 0.375 e. The molecular formula is C28H32F2O6S. The second kappa shape index (κ2) is 8.63. The number of hydrogen-bond donors (Lipinski definition) is 1. The zero-order valence-electron chi connectivity index (χ0n) is 21.3. The van der Waals surface area contributed by atoms with Gasteiger partial charge >= 0.3 is 5.97 Å². The lowest BCUT2D eigenvalue weighted by Gasteiger charge is -2.63. The number of thioether (sulfide) groups is 1. The zero-order chi connectivity index (χ0) is 27.0. The molecule has 9 heteroatoms. The largest absolute Gasteiger partial charge is 0.457 e. The van der Waals surface area contributed by atoms with Crippen LogP contribution in [-0.2, 0) is 14.3 Å². The van der Waals surface area contributed by atoms with Crippen LogP contribution in [0.3, 0.4) is 0 Å². The molecule has 5 rings (SSSR count). The number of fused-ring (bicyclic) bond motifs is 5. The van der Waals surface area contributed by atoms with Gasteiger partial charge in [-0.15, -0.1) is 0 Å². The van der Waals surface area contributed by atoms with E-state index in [2.05, 4.69) is 0 Å². The summed E-state index contributed by atoms with van der Waals surface area (Å²) < 4.78 is 42.2. The summed E-state index contributed by atoms with van der Waals surface area (Å²) in [5.41, 5.74) is -5.62. The standard InChI is InChI=1S/C28H32F2O6S/c1-15-10-20-19-11-16(2)28(24(34)37-14-29,36-23(33)21-6-5-9-35-21)26(19,4)13-22(32)27(20,30)25(3)8-7-17(31)12-18(15)25/h5-9,12,15-16,19-20,22,32H,10-11,13-14H2,1-4H3/t15-,16+,19?,20?,22?,25?,26?,27-,28-/m0/s1. The van der Waals surface area contributed by atoms with Crippen molar-refractivity contribution in [3.63, 3.8) is 0 Å². The number of rotatable bonds is 4. The Morgan fingerprint density at radius 1 is 1.24 bits per heavy atom. The maximum absolute atomic E-state index is 17.5. The lowest BCUT2D eigenvalue weighted by molar-refractivity contribution is -0.220. The van der Waals surface area contributed by atoms with Crippen LogP contribution in [0.15, 0.2) is 46.6 Å². The van der Waals surface area contributed by atoms with Crippen LogP contribution in [0.25, 0.3) is 0 Å². The van der Waals surface area contributed by atoms with Gasteiger partial charge in [-0.25, -0.2) is 13.6 Å². The van der Waals surface area contributed by atoms with Gasteiger partial charge in [0.1, 0.15) is 6.01 Å². The molecule has 1 aromatic heterocycles. The Hall–Kier alpha value is -2.26. The Labute approximate surface area is 218 Å². The number of halogens is 2. The summed E-state index contributed by atoms with van der Waals surface area (Å²) in [6, 6.07) is 1.93. The number of alkyl halides is 2. The topological polar surface area (TPSA) is 93.8 Å². The molecule has 0 saturated heterocycles. The van der Waals surface area contributed by atoms with E-state index in [4.69, 9.17) is 9.15 Å². The van der Waals surface area contributed by atoms with Crippen molar-refractivity contribution >= 4 is 28.6 Å². The van der Waals surface area contributed by atoms with Gasteiger partial charge in [-0.05, 0) is 74.1 Å². The number of furan rings is 1. The number of carbonyl (C=O) groups excluding carboxylic acids is 3. The molecule has 4 aliphatic carbocycles. The fourth-order valence-corrected chi connectivity index (χ4v) is 9.15. The molecule has 1 aromatic rings. The summed E-state index contributed by atoms with van der Waals surface area (Å²) >= 11 is 0.426. The SMILES string of the molecule is C[C@@H]1CC2C3C[C@H](C)C4=CC(=O)C=CC4(C)[C@@]3(F)C(O)CC2(C)[C@@]1(OC(=O)c1ccco1)C(=O)SCF. The van der Waals surface area contributed by atoms with Crippen molar-refractivity contribution in [2.24, 2.45) is 34.5 Å². The predicted molar refractivity (Wildman–Crippen MR) is 133 cm³/mol. The van der Waals surface area contributed by atoms with E-state index >= 15 is 4.39 Å². The quantitative estimate of drug-likeness (QED) is 0.529. The van der Waals surface area contributed by atoms with Gasteiger partial charge in [0.05, 0.1) is 12.4 Å². The van der Waals surface area contributed by atoms with Crippen molar-refractivity contribution in [2.75, 3.05) is 6.01 Å². The second-order valence-electron chi connectivity index (χ2n) is 11.6. The number of allylic oxidation sites excluding steroid dienone is 4. The summed E-state index contributed by atoms with van der Waals surface area (Å²) in [4.78, 5) is 39.0. The number of ether oxygens (including phenoxy) is 1. The summed E-state index contributed by atoms with van der Waals surface area (Å²) in [5, 5.41) is 11.0. The molecule has 3 fully saturated rings. The average Bonchev–Trinajstić information content (AvgIpc) is 3.45. The van der Waals surface area contributed by atoms with Gasteiger partial charge in [-0.3, -0.25) is 9.59 Å². The third-order valence-corrected chi connectivity index (χ3v) is 10.6. The first-order chi connectivity index (χ1) is 17.4. The molecule has 5 unspecified atom stereocenters. The van der Waals surface area contributed by atoms with E-state index in [-0.39, 0.29) is 23.9 Å². The summed E-state index contributed by atoms with van der Waals surface area (Å²) in [7, 11) is 0. The molecular weight excluding hydrogens is 502 g/mol. The third kappa shape index (κ3) is 3.28. The average molecular weight is 535 g/mol. The van der Waals surface area contributed by atoms with Crippen molar-refractivity contribution in [1.82, 2.24) is 0 Å². The fourth-order valence-electron chi connectivity index (χ4n) is 8.36. The van der Waals surface area contributed by atoms with E-state index in [9.17, 15) is 23.9 Å². The van der Waals surface area contributed by atoms with Crippen LogP contribution in [0.2, 0.25) is 0 Å². The van der Waals surface area contributed by atoms with Crippen LogP contribution in [0.5, 0.6) is 0 Å². The minimum absolute atomic E-state index is 0.0986. The van der Waals surface area contributed by atoms with Gasteiger partial charge in [0.2, 0.25) is 10.9 Å². The first kappa shape index (κ1) is 26.4. The van der Waals surface area contributed by atoms with Crippen molar-refractivity contribution in [3.8, 4) is 0 Å². The molecule has 0 amide bonds. The van der Waals surface area contributed by atoms with E-state index in [1.807, 2.05) is 6.92 Å². The van der Waals surface area contributed by atoms with E-state index < -0.39 is 63.0 Å². The first-order valence-corrected chi connectivity index (χ1v) is 13.7. The molecule has 0 aliphatic heterocycles. The molecule has 200 valence electrons. The molecule has 37 heavy (non-hydrogen) atoms. The third-order valence-electron chi connectivity index (χ3n) is 9.97. The molecule has 0 aromatic carbocycles. The number of carbonyl (C=O) groups is 3. The number of hydrogen-bond acceptors (Lipinski definition) is 7. The van der Waals surface area contributed by atoms with Crippen LogP contribution in [0.1, 0.15) is 57.5 Å². The number of aliphatic hydroxyl groups is 1. The Kier molecular flexibility index (Phi) is 6.15. The van der Waals surface area contributed by atoms with E-state index in [1.165, 1.54) is 30.5 Å². The predicted octanol–water partition coefficient (Wildman–Crippen LogP) is 5.22. The van der Waals surface area contributed by atoms with Gasteiger partial charge < -0.3 is 14.3 Å². The normalized spacial score (nSPS) is 44.5. The maximum Gasteiger partial charge on any atom is 0.375 e. The highest BCUT2D eigenvalue weighted by atomic mass is 32.2. The van der Waals surface area contributed by atoms with Gasteiger partial charge in [-0.2, -0.15) is 0 Å². The van der Waals surface area contributed by atoms with Crippen molar-refractivity contribution in [1.29, 1.82) is 0 Å². The minimum Gasteiger partial charge on any atom is -0.457 e.